The molecule has 0 fully saturated rings. The fourth-order valence-electron chi connectivity index (χ4n) is 2.04. The summed E-state index contributed by atoms with van der Waals surface area (Å²) >= 11 is 1.68. The Labute approximate surface area is 144 Å². The van der Waals surface area contributed by atoms with Crippen LogP contribution in [0.4, 0.5) is 0 Å². The minimum atomic E-state index is -0.155. The highest BCUT2D eigenvalue weighted by atomic mass is 32.1. The number of rotatable bonds is 6. The quantitative estimate of drug-likeness (QED) is 0.243. The Morgan fingerprint density at radius 3 is 2.29 bits per heavy atom. The molecule has 2 aromatic rings. The van der Waals surface area contributed by atoms with Gasteiger partial charge in [-0.2, -0.15) is 0 Å². The molecule has 0 radical (unpaired) electrons. The maximum atomic E-state index is 9.42. The number of thiophene rings is 1. The minimum Gasteiger partial charge on any atom is -0.504 e. The maximum absolute atomic E-state index is 9.42. The van der Waals surface area contributed by atoms with Gasteiger partial charge in [0.2, 0.25) is 0 Å². The summed E-state index contributed by atoms with van der Waals surface area (Å²) in [5, 5.41) is 44.6. The molecule has 1 aromatic carbocycles. The maximum Gasteiger partial charge on any atom is 0.195 e. The van der Waals surface area contributed by atoms with Gasteiger partial charge < -0.3 is 20.8 Å². The molecule has 0 bridgehead atoms. The molecule has 0 amide bonds. The van der Waals surface area contributed by atoms with Gasteiger partial charge >= 0.3 is 0 Å². The molecular weight excluding hydrogens is 326 g/mol. The standard InChI is InChI=1S/C16H21N5O2S/c17-15(19-7-5-11-3-4-13(22)14(23)10-11)21-16(18)20-8-6-12-2-1-9-24-12/h1-4,9-10,22-23H,5-8H2,(H5,17,18,19,20,21). The van der Waals surface area contributed by atoms with Crippen LogP contribution in [0.2, 0.25) is 0 Å². The molecule has 2 rings (SSSR count). The number of nitrogens with one attached hydrogen (secondary N) is 5. The average Bonchev–Trinajstić information content (AvgIpc) is 3.04. The molecule has 0 saturated heterocycles. The Kier molecular flexibility index (Phi) is 6.44. The molecular formula is C16H21N5O2S. The van der Waals surface area contributed by atoms with E-state index in [2.05, 4.69) is 16.0 Å². The molecule has 24 heavy (non-hydrogen) atoms. The second-order valence-electron chi connectivity index (χ2n) is 5.13. The predicted molar refractivity (Wildman–Crippen MR) is 96.1 cm³/mol. The molecule has 0 unspecified atom stereocenters. The van der Waals surface area contributed by atoms with Crippen molar-refractivity contribution in [2.75, 3.05) is 13.1 Å². The summed E-state index contributed by atoms with van der Waals surface area (Å²) in [6.45, 7) is 1.10. The number of guanidine groups is 2. The van der Waals surface area contributed by atoms with E-state index in [4.69, 9.17) is 10.8 Å². The molecule has 8 heteroatoms. The predicted octanol–water partition coefficient (Wildman–Crippen LogP) is 1.58. The zero-order valence-corrected chi connectivity index (χ0v) is 13.9. The van der Waals surface area contributed by atoms with Crippen LogP contribution in [0.25, 0.3) is 0 Å². The van der Waals surface area contributed by atoms with Crippen molar-refractivity contribution in [3.05, 3.63) is 46.2 Å². The van der Waals surface area contributed by atoms with E-state index in [1.165, 1.54) is 17.0 Å². The van der Waals surface area contributed by atoms with Crippen LogP contribution in [0, 0.1) is 10.8 Å². The first-order valence-electron chi connectivity index (χ1n) is 7.49. The van der Waals surface area contributed by atoms with Crippen molar-refractivity contribution >= 4 is 23.3 Å². The molecule has 0 aliphatic heterocycles. The summed E-state index contributed by atoms with van der Waals surface area (Å²) < 4.78 is 0. The lowest BCUT2D eigenvalue weighted by atomic mass is 10.1. The summed E-state index contributed by atoms with van der Waals surface area (Å²) in [6, 6.07) is 8.68. The third kappa shape index (κ3) is 5.81. The molecule has 0 aliphatic carbocycles. The number of phenolic OH excluding ortho intramolecular Hbond substituents is 2. The smallest absolute Gasteiger partial charge is 0.195 e. The Balaban J connectivity index is 1.61. The topological polar surface area (TPSA) is 124 Å². The second-order valence-corrected chi connectivity index (χ2v) is 6.16. The molecule has 128 valence electrons. The van der Waals surface area contributed by atoms with Gasteiger partial charge in [0.15, 0.2) is 23.4 Å². The number of hydrogen-bond donors (Lipinski definition) is 7. The van der Waals surface area contributed by atoms with Crippen LogP contribution in [0.1, 0.15) is 10.4 Å². The molecule has 0 atom stereocenters. The highest BCUT2D eigenvalue weighted by molar-refractivity contribution is 7.09. The average molecular weight is 347 g/mol. The number of hydrogen-bond acceptors (Lipinski definition) is 5. The summed E-state index contributed by atoms with van der Waals surface area (Å²) in [6.07, 6.45) is 1.42. The van der Waals surface area contributed by atoms with Gasteiger partial charge in [0.25, 0.3) is 0 Å². The van der Waals surface area contributed by atoms with Crippen LogP contribution < -0.4 is 16.0 Å². The Hall–Kier alpha value is -2.74. The highest BCUT2D eigenvalue weighted by Gasteiger charge is 2.03. The largest absolute Gasteiger partial charge is 0.504 e. The lowest BCUT2D eigenvalue weighted by molar-refractivity contribution is 0.403. The zero-order valence-electron chi connectivity index (χ0n) is 13.1. The van der Waals surface area contributed by atoms with Gasteiger partial charge in [-0.15, -0.1) is 11.3 Å². The molecule has 0 spiro atoms. The molecule has 1 aromatic heterocycles. The van der Waals surface area contributed by atoms with Crippen LogP contribution >= 0.6 is 11.3 Å². The van der Waals surface area contributed by atoms with Gasteiger partial charge in [-0.05, 0) is 42.0 Å². The van der Waals surface area contributed by atoms with Crippen molar-refractivity contribution in [1.82, 2.24) is 16.0 Å². The van der Waals surface area contributed by atoms with Crippen molar-refractivity contribution < 1.29 is 10.2 Å². The van der Waals surface area contributed by atoms with Crippen molar-refractivity contribution in [3.8, 4) is 11.5 Å². The zero-order chi connectivity index (χ0) is 17.4. The molecule has 0 aliphatic rings. The lowest BCUT2D eigenvalue weighted by Crippen LogP contribution is -2.46. The summed E-state index contributed by atoms with van der Waals surface area (Å²) in [5.74, 6) is -0.196. The van der Waals surface area contributed by atoms with Crippen molar-refractivity contribution in [1.29, 1.82) is 10.8 Å². The van der Waals surface area contributed by atoms with E-state index in [9.17, 15) is 10.2 Å². The lowest BCUT2D eigenvalue weighted by Gasteiger charge is -2.12. The van der Waals surface area contributed by atoms with E-state index in [0.29, 0.717) is 19.5 Å². The van der Waals surface area contributed by atoms with E-state index in [1.807, 2.05) is 17.5 Å². The van der Waals surface area contributed by atoms with Crippen LogP contribution in [0.5, 0.6) is 11.5 Å². The SMILES string of the molecule is N=C(NCCc1ccc(O)c(O)c1)NC(=N)NCCc1cccs1. The van der Waals surface area contributed by atoms with Crippen molar-refractivity contribution in [2.24, 2.45) is 0 Å². The Morgan fingerprint density at radius 1 is 0.958 bits per heavy atom. The van der Waals surface area contributed by atoms with Gasteiger partial charge in [-0.1, -0.05) is 12.1 Å². The summed E-state index contributed by atoms with van der Waals surface area (Å²) in [4.78, 5) is 1.25. The van der Waals surface area contributed by atoms with Gasteiger partial charge in [-0.3, -0.25) is 16.1 Å². The van der Waals surface area contributed by atoms with E-state index >= 15 is 0 Å². The van der Waals surface area contributed by atoms with Crippen molar-refractivity contribution in [2.45, 2.75) is 12.8 Å². The first-order chi connectivity index (χ1) is 11.5. The van der Waals surface area contributed by atoms with Gasteiger partial charge in [0, 0.05) is 18.0 Å². The highest BCUT2D eigenvalue weighted by Crippen LogP contribution is 2.24. The minimum absolute atomic E-state index is 0.0339. The Bertz CT molecular complexity index is 688. The summed E-state index contributed by atoms with van der Waals surface area (Å²) in [7, 11) is 0. The van der Waals surface area contributed by atoms with E-state index in [-0.39, 0.29) is 23.4 Å². The summed E-state index contributed by atoms with van der Waals surface area (Å²) in [5.41, 5.74) is 0.842. The molecule has 7 nitrogen and oxygen atoms in total. The normalized spacial score (nSPS) is 10.2. The van der Waals surface area contributed by atoms with Gasteiger partial charge in [0.1, 0.15) is 0 Å². The first-order valence-corrected chi connectivity index (χ1v) is 8.37. The van der Waals surface area contributed by atoms with Crippen LogP contribution in [-0.2, 0) is 12.8 Å². The molecule has 1 heterocycles. The van der Waals surface area contributed by atoms with Gasteiger partial charge in [-0.25, -0.2) is 0 Å². The molecule has 7 N–H and O–H groups in total. The van der Waals surface area contributed by atoms with Crippen LogP contribution in [0.3, 0.4) is 0 Å². The van der Waals surface area contributed by atoms with Crippen LogP contribution in [-0.4, -0.2) is 35.2 Å². The second kappa shape index (κ2) is 8.78. The van der Waals surface area contributed by atoms with E-state index < -0.39 is 0 Å². The van der Waals surface area contributed by atoms with Crippen LogP contribution in [0.15, 0.2) is 35.7 Å². The fourth-order valence-corrected chi connectivity index (χ4v) is 2.74. The number of phenols is 2. The third-order valence-electron chi connectivity index (χ3n) is 3.26. The first kappa shape index (κ1) is 17.6. The third-order valence-corrected chi connectivity index (χ3v) is 4.19. The Morgan fingerprint density at radius 2 is 1.67 bits per heavy atom. The number of aromatic hydroxyl groups is 2. The monoisotopic (exact) mass is 347 g/mol. The van der Waals surface area contributed by atoms with E-state index in [1.54, 1.807) is 17.4 Å². The molecule has 0 saturated carbocycles. The van der Waals surface area contributed by atoms with Gasteiger partial charge in [0.05, 0.1) is 0 Å². The van der Waals surface area contributed by atoms with Crippen molar-refractivity contribution in [3.63, 3.8) is 0 Å². The number of benzene rings is 1. The van der Waals surface area contributed by atoms with E-state index in [0.717, 1.165) is 12.0 Å². The fraction of sp³-hybridized carbons (Fsp3) is 0.250.